The van der Waals surface area contributed by atoms with Crippen LogP contribution in [0.5, 0.6) is 5.75 Å². The lowest BCUT2D eigenvalue weighted by Crippen LogP contribution is -2.16. The van der Waals surface area contributed by atoms with Crippen LogP contribution in [0, 0.1) is 0 Å². The van der Waals surface area contributed by atoms with Crippen LogP contribution >= 0.6 is 0 Å². The molecule has 0 aromatic heterocycles. The van der Waals surface area contributed by atoms with Crippen molar-refractivity contribution in [1.29, 1.82) is 0 Å². The van der Waals surface area contributed by atoms with Gasteiger partial charge in [-0.25, -0.2) is 0 Å². The summed E-state index contributed by atoms with van der Waals surface area (Å²) in [5, 5.41) is 14.6. The molecule has 0 spiro atoms. The SMILES string of the molecule is CNC(CCCO)c1ccc2cc(OC)ccc2c1. The van der Waals surface area contributed by atoms with E-state index in [4.69, 9.17) is 9.84 Å². The van der Waals surface area contributed by atoms with E-state index in [-0.39, 0.29) is 6.61 Å². The van der Waals surface area contributed by atoms with Crippen molar-refractivity contribution in [3.05, 3.63) is 42.0 Å². The second-order valence-electron chi connectivity index (χ2n) is 4.68. The van der Waals surface area contributed by atoms with Gasteiger partial charge in [-0.3, -0.25) is 0 Å². The Morgan fingerprint density at radius 2 is 1.89 bits per heavy atom. The third-order valence-electron chi connectivity index (χ3n) is 3.47. The standard InChI is InChI=1S/C16H21NO2/c1-17-16(4-3-9-18)14-6-5-13-11-15(19-2)8-7-12(13)10-14/h5-8,10-11,16-18H,3-4,9H2,1-2H3. The molecular formula is C16H21NO2. The number of aliphatic hydroxyl groups excluding tert-OH is 1. The van der Waals surface area contributed by atoms with Crippen molar-refractivity contribution >= 4 is 10.8 Å². The Morgan fingerprint density at radius 3 is 2.58 bits per heavy atom. The van der Waals surface area contributed by atoms with Crippen molar-refractivity contribution in [2.75, 3.05) is 20.8 Å². The predicted octanol–water partition coefficient (Wildman–Crippen LogP) is 2.88. The summed E-state index contributed by atoms with van der Waals surface area (Å²) >= 11 is 0. The summed E-state index contributed by atoms with van der Waals surface area (Å²) < 4.78 is 5.23. The van der Waals surface area contributed by atoms with Gasteiger partial charge in [-0.05, 0) is 54.4 Å². The maximum Gasteiger partial charge on any atom is 0.119 e. The maximum absolute atomic E-state index is 8.95. The summed E-state index contributed by atoms with van der Waals surface area (Å²) in [5.74, 6) is 0.880. The lowest BCUT2D eigenvalue weighted by atomic mass is 9.99. The van der Waals surface area contributed by atoms with E-state index in [1.165, 1.54) is 16.3 Å². The number of methoxy groups -OCH3 is 1. The Morgan fingerprint density at radius 1 is 1.16 bits per heavy atom. The zero-order valence-electron chi connectivity index (χ0n) is 11.5. The number of nitrogens with one attached hydrogen (secondary N) is 1. The molecule has 0 saturated carbocycles. The fourth-order valence-electron chi connectivity index (χ4n) is 2.36. The first kappa shape index (κ1) is 13.8. The predicted molar refractivity (Wildman–Crippen MR) is 78.6 cm³/mol. The molecule has 0 saturated heterocycles. The van der Waals surface area contributed by atoms with Gasteiger partial charge in [-0.15, -0.1) is 0 Å². The van der Waals surface area contributed by atoms with Gasteiger partial charge in [0.05, 0.1) is 7.11 Å². The fourth-order valence-corrected chi connectivity index (χ4v) is 2.36. The third-order valence-corrected chi connectivity index (χ3v) is 3.47. The van der Waals surface area contributed by atoms with Gasteiger partial charge >= 0.3 is 0 Å². The molecule has 2 rings (SSSR count). The van der Waals surface area contributed by atoms with Gasteiger partial charge < -0.3 is 15.2 Å². The maximum atomic E-state index is 8.95. The first-order chi connectivity index (χ1) is 9.28. The second-order valence-corrected chi connectivity index (χ2v) is 4.68. The van der Waals surface area contributed by atoms with Crippen LogP contribution in [-0.4, -0.2) is 25.9 Å². The summed E-state index contributed by atoms with van der Waals surface area (Å²) in [4.78, 5) is 0. The molecule has 19 heavy (non-hydrogen) atoms. The molecule has 2 aromatic rings. The molecule has 0 amide bonds. The van der Waals surface area contributed by atoms with Crippen LogP contribution in [-0.2, 0) is 0 Å². The van der Waals surface area contributed by atoms with Gasteiger partial charge in [0.2, 0.25) is 0 Å². The molecule has 0 aliphatic rings. The number of hydrogen-bond acceptors (Lipinski definition) is 3. The van der Waals surface area contributed by atoms with E-state index in [9.17, 15) is 0 Å². The Hall–Kier alpha value is -1.58. The van der Waals surface area contributed by atoms with E-state index in [0.29, 0.717) is 6.04 Å². The highest BCUT2D eigenvalue weighted by Crippen LogP contribution is 2.25. The highest BCUT2D eigenvalue weighted by atomic mass is 16.5. The van der Waals surface area contributed by atoms with Crippen LogP contribution in [0.4, 0.5) is 0 Å². The number of fused-ring (bicyclic) bond motifs is 1. The molecule has 0 radical (unpaired) electrons. The van der Waals surface area contributed by atoms with Gasteiger partial charge in [-0.1, -0.05) is 18.2 Å². The molecule has 0 bridgehead atoms. The average molecular weight is 259 g/mol. The first-order valence-electron chi connectivity index (χ1n) is 6.64. The normalized spacial score (nSPS) is 12.6. The summed E-state index contributed by atoms with van der Waals surface area (Å²) in [7, 11) is 3.64. The largest absolute Gasteiger partial charge is 0.497 e. The quantitative estimate of drug-likeness (QED) is 0.838. The summed E-state index contributed by atoms with van der Waals surface area (Å²) in [6.45, 7) is 0.239. The Kier molecular flexibility index (Phi) is 4.77. The van der Waals surface area contributed by atoms with Crippen LogP contribution in [0.3, 0.4) is 0 Å². The minimum Gasteiger partial charge on any atom is -0.497 e. The van der Waals surface area contributed by atoms with Gasteiger partial charge in [0, 0.05) is 12.6 Å². The summed E-state index contributed by atoms with van der Waals surface area (Å²) in [5.41, 5.74) is 1.26. The molecule has 0 aliphatic carbocycles. The monoisotopic (exact) mass is 259 g/mol. The minimum absolute atomic E-state index is 0.239. The van der Waals surface area contributed by atoms with Crippen molar-refractivity contribution in [2.45, 2.75) is 18.9 Å². The average Bonchev–Trinajstić information content (AvgIpc) is 2.47. The number of ether oxygens (including phenoxy) is 1. The number of hydrogen-bond donors (Lipinski definition) is 2. The number of benzene rings is 2. The van der Waals surface area contributed by atoms with Gasteiger partial charge in [0.1, 0.15) is 5.75 Å². The lowest BCUT2D eigenvalue weighted by Gasteiger charge is -2.17. The molecule has 0 fully saturated rings. The smallest absolute Gasteiger partial charge is 0.119 e. The molecular weight excluding hydrogens is 238 g/mol. The van der Waals surface area contributed by atoms with Crippen LogP contribution in [0.15, 0.2) is 36.4 Å². The molecule has 1 atom stereocenters. The molecule has 3 heteroatoms. The molecule has 0 heterocycles. The van der Waals surface area contributed by atoms with Crippen LogP contribution in [0.1, 0.15) is 24.4 Å². The fraction of sp³-hybridized carbons (Fsp3) is 0.375. The molecule has 2 aromatic carbocycles. The topological polar surface area (TPSA) is 41.5 Å². The van der Waals surface area contributed by atoms with E-state index >= 15 is 0 Å². The third kappa shape index (κ3) is 3.25. The van der Waals surface area contributed by atoms with Crippen molar-refractivity contribution in [3.8, 4) is 5.75 Å². The summed E-state index contributed by atoms with van der Waals surface area (Å²) in [6, 6.07) is 12.9. The molecule has 102 valence electrons. The van der Waals surface area contributed by atoms with Crippen LogP contribution in [0.25, 0.3) is 10.8 Å². The molecule has 1 unspecified atom stereocenters. The Bertz CT molecular complexity index is 539. The minimum atomic E-state index is 0.239. The van der Waals surface area contributed by atoms with Gasteiger partial charge in [0.25, 0.3) is 0 Å². The summed E-state index contributed by atoms with van der Waals surface area (Å²) in [6.07, 6.45) is 1.75. The van der Waals surface area contributed by atoms with Gasteiger partial charge in [0.15, 0.2) is 0 Å². The highest BCUT2D eigenvalue weighted by Gasteiger charge is 2.09. The van der Waals surface area contributed by atoms with Crippen molar-refractivity contribution in [2.24, 2.45) is 0 Å². The Labute approximate surface area is 114 Å². The number of aliphatic hydroxyl groups is 1. The van der Waals surface area contributed by atoms with E-state index < -0.39 is 0 Å². The Balaban J connectivity index is 2.29. The van der Waals surface area contributed by atoms with Crippen molar-refractivity contribution in [3.63, 3.8) is 0 Å². The van der Waals surface area contributed by atoms with Gasteiger partial charge in [-0.2, -0.15) is 0 Å². The van der Waals surface area contributed by atoms with Crippen molar-refractivity contribution < 1.29 is 9.84 Å². The highest BCUT2D eigenvalue weighted by molar-refractivity contribution is 5.84. The molecule has 0 aliphatic heterocycles. The van der Waals surface area contributed by atoms with Crippen molar-refractivity contribution in [1.82, 2.24) is 5.32 Å². The first-order valence-corrected chi connectivity index (χ1v) is 6.64. The molecule has 2 N–H and O–H groups in total. The number of rotatable bonds is 6. The van der Waals surface area contributed by atoms with E-state index in [1.54, 1.807) is 7.11 Å². The van der Waals surface area contributed by atoms with Crippen LogP contribution < -0.4 is 10.1 Å². The molecule has 3 nitrogen and oxygen atoms in total. The van der Waals surface area contributed by atoms with Crippen LogP contribution in [0.2, 0.25) is 0 Å². The lowest BCUT2D eigenvalue weighted by molar-refractivity contribution is 0.276. The zero-order valence-corrected chi connectivity index (χ0v) is 11.5. The zero-order chi connectivity index (χ0) is 13.7. The second kappa shape index (κ2) is 6.55. The van der Waals surface area contributed by atoms with E-state index in [2.05, 4.69) is 29.6 Å². The van der Waals surface area contributed by atoms with E-state index in [0.717, 1.165) is 18.6 Å². The van der Waals surface area contributed by atoms with E-state index in [1.807, 2.05) is 19.2 Å².